The number of para-hydroxylation sites is 1. The van der Waals surface area contributed by atoms with E-state index in [1.54, 1.807) is 12.1 Å². The number of nitrogens with zero attached hydrogens (tertiary/aromatic N) is 5. The van der Waals surface area contributed by atoms with Crippen LogP contribution in [0.15, 0.2) is 65.7 Å². The summed E-state index contributed by atoms with van der Waals surface area (Å²) >= 11 is 0. The Morgan fingerprint density at radius 2 is 1.58 bits per heavy atom. The second-order valence-corrected chi connectivity index (χ2v) is 7.78. The molecule has 2 aromatic carbocycles. The molecule has 0 bridgehead atoms. The summed E-state index contributed by atoms with van der Waals surface area (Å²) in [7, 11) is 0. The number of amides is 2. The number of guanidine groups is 1. The summed E-state index contributed by atoms with van der Waals surface area (Å²) in [6, 6.07) is 17.1. The molecule has 2 N–H and O–H groups in total. The highest BCUT2D eigenvalue weighted by molar-refractivity contribution is 6.03. The number of aromatic nitrogens is 2. The van der Waals surface area contributed by atoms with E-state index in [1.807, 2.05) is 55.1 Å². The summed E-state index contributed by atoms with van der Waals surface area (Å²) in [6.45, 7) is 6.38. The van der Waals surface area contributed by atoms with E-state index in [4.69, 9.17) is 0 Å². The van der Waals surface area contributed by atoms with Crippen LogP contribution in [0.1, 0.15) is 11.4 Å². The molecule has 9 heteroatoms. The van der Waals surface area contributed by atoms with Crippen molar-refractivity contribution in [3.05, 3.63) is 77.9 Å². The normalized spacial score (nSPS) is 14.2. The number of hydrogen-bond donors (Lipinski definition) is 2. The third-order valence-electron chi connectivity index (χ3n) is 5.20. The molecular weight excluding hydrogens is 421 g/mol. The van der Waals surface area contributed by atoms with Gasteiger partial charge in [0.25, 0.3) is 5.95 Å². The predicted molar refractivity (Wildman–Crippen MR) is 127 cm³/mol. The van der Waals surface area contributed by atoms with Crippen LogP contribution in [0.25, 0.3) is 0 Å². The van der Waals surface area contributed by atoms with Gasteiger partial charge >= 0.3 is 6.03 Å². The molecule has 2 heterocycles. The summed E-state index contributed by atoms with van der Waals surface area (Å²) in [5.41, 5.74) is 3.24. The van der Waals surface area contributed by atoms with Gasteiger partial charge in [-0.25, -0.2) is 19.2 Å². The van der Waals surface area contributed by atoms with Gasteiger partial charge in [-0.05, 0) is 56.3 Å². The monoisotopic (exact) mass is 447 g/mol. The van der Waals surface area contributed by atoms with E-state index in [-0.39, 0.29) is 5.82 Å². The molecule has 170 valence electrons. The van der Waals surface area contributed by atoms with E-state index < -0.39 is 6.03 Å². The Balaban J connectivity index is 1.51. The number of aliphatic imine (C=N–C) groups is 1. The number of piperazine rings is 1. The van der Waals surface area contributed by atoms with Crippen molar-refractivity contribution in [2.75, 3.05) is 36.4 Å². The molecule has 0 aliphatic carbocycles. The van der Waals surface area contributed by atoms with Crippen LogP contribution in [0.4, 0.5) is 26.5 Å². The molecule has 1 aromatic heterocycles. The van der Waals surface area contributed by atoms with Crippen molar-refractivity contribution in [2.24, 2.45) is 4.99 Å². The first-order chi connectivity index (χ1) is 16.0. The lowest BCUT2D eigenvalue weighted by molar-refractivity contribution is 0.254. The van der Waals surface area contributed by atoms with E-state index in [9.17, 15) is 9.18 Å². The molecule has 1 aliphatic heterocycles. The summed E-state index contributed by atoms with van der Waals surface area (Å²) in [6.07, 6.45) is 0. The van der Waals surface area contributed by atoms with Crippen LogP contribution in [0, 0.1) is 19.7 Å². The van der Waals surface area contributed by atoms with E-state index >= 15 is 0 Å². The lowest BCUT2D eigenvalue weighted by atomic mass is 10.2. The number of aryl methyl sites for hydroxylation is 2. The Bertz CT molecular complexity index is 1110. The first-order valence-electron chi connectivity index (χ1n) is 10.8. The number of benzene rings is 2. The third-order valence-corrected chi connectivity index (χ3v) is 5.20. The van der Waals surface area contributed by atoms with Crippen LogP contribution in [0.5, 0.6) is 0 Å². The summed E-state index contributed by atoms with van der Waals surface area (Å²) in [4.78, 5) is 30.2. The van der Waals surface area contributed by atoms with Gasteiger partial charge in [0.15, 0.2) is 0 Å². The lowest BCUT2D eigenvalue weighted by Crippen LogP contribution is -2.54. The smallest absolute Gasteiger partial charge is 0.326 e. The van der Waals surface area contributed by atoms with Gasteiger partial charge in [0.2, 0.25) is 5.96 Å². The minimum absolute atomic E-state index is 0.256. The summed E-state index contributed by atoms with van der Waals surface area (Å²) in [5.74, 6) is 0.421. The molecule has 3 aromatic rings. The number of hydrogen-bond acceptors (Lipinski definition) is 5. The Kier molecular flexibility index (Phi) is 6.77. The molecule has 2 amide bonds. The van der Waals surface area contributed by atoms with Crippen LogP contribution in [-0.2, 0) is 0 Å². The van der Waals surface area contributed by atoms with Gasteiger partial charge < -0.3 is 15.1 Å². The average molecular weight is 448 g/mol. The van der Waals surface area contributed by atoms with Crippen molar-refractivity contribution in [2.45, 2.75) is 13.8 Å². The number of urea groups is 1. The fourth-order valence-corrected chi connectivity index (χ4v) is 3.64. The zero-order valence-corrected chi connectivity index (χ0v) is 18.6. The van der Waals surface area contributed by atoms with Crippen molar-refractivity contribution in [1.82, 2.24) is 20.2 Å². The zero-order valence-electron chi connectivity index (χ0n) is 18.6. The SMILES string of the molecule is Cc1cc(C)nc(/N=C(\NC(=O)Nc2ccccc2)N2CCN(c3ccc(F)cc3)CC2)n1. The lowest BCUT2D eigenvalue weighted by Gasteiger charge is -2.37. The van der Waals surface area contributed by atoms with E-state index in [0.717, 1.165) is 17.1 Å². The number of halogens is 1. The topological polar surface area (TPSA) is 85.7 Å². The van der Waals surface area contributed by atoms with E-state index in [0.29, 0.717) is 43.8 Å². The van der Waals surface area contributed by atoms with Gasteiger partial charge in [-0.1, -0.05) is 18.2 Å². The first-order valence-corrected chi connectivity index (χ1v) is 10.8. The fraction of sp³-hybridized carbons (Fsp3) is 0.250. The van der Waals surface area contributed by atoms with Crippen LogP contribution in [0.3, 0.4) is 0 Å². The second kappa shape index (κ2) is 10.1. The van der Waals surface area contributed by atoms with Crippen molar-refractivity contribution >= 4 is 29.3 Å². The Hall–Kier alpha value is -4.01. The maximum absolute atomic E-state index is 13.3. The molecule has 8 nitrogen and oxygen atoms in total. The molecule has 0 radical (unpaired) electrons. The van der Waals surface area contributed by atoms with Crippen LogP contribution < -0.4 is 15.5 Å². The Morgan fingerprint density at radius 3 is 2.21 bits per heavy atom. The largest absolute Gasteiger partial charge is 0.368 e. The average Bonchev–Trinajstić information content (AvgIpc) is 2.79. The quantitative estimate of drug-likeness (QED) is 0.470. The highest BCUT2D eigenvalue weighted by Gasteiger charge is 2.22. The van der Waals surface area contributed by atoms with Gasteiger partial charge in [0.1, 0.15) is 5.82 Å². The van der Waals surface area contributed by atoms with Gasteiger partial charge in [-0.3, -0.25) is 5.32 Å². The maximum Gasteiger partial charge on any atom is 0.326 e. The Morgan fingerprint density at radius 1 is 0.939 bits per heavy atom. The molecule has 33 heavy (non-hydrogen) atoms. The molecule has 4 rings (SSSR count). The highest BCUT2D eigenvalue weighted by Crippen LogP contribution is 2.18. The van der Waals surface area contributed by atoms with Crippen LogP contribution in [-0.4, -0.2) is 53.0 Å². The molecule has 0 saturated carbocycles. The molecule has 0 unspecified atom stereocenters. The summed E-state index contributed by atoms with van der Waals surface area (Å²) in [5, 5.41) is 5.68. The minimum Gasteiger partial charge on any atom is -0.368 e. The molecule has 1 aliphatic rings. The molecular formula is C24H26FN7O. The fourth-order valence-electron chi connectivity index (χ4n) is 3.64. The van der Waals surface area contributed by atoms with Gasteiger partial charge in [0, 0.05) is 48.9 Å². The number of carbonyl (C=O) groups excluding carboxylic acids is 1. The molecule has 0 spiro atoms. The van der Waals surface area contributed by atoms with Gasteiger partial charge in [-0.2, -0.15) is 4.99 Å². The van der Waals surface area contributed by atoms with Crippen LogP contribution in [0.2, 0.25) is 0 Å². The molecule has 1 fully saturated rings. The Labute approximate surface area is 192 Å². The van der Waals surface area contributed by atoms with Crippen molar-refractivity contribution in [3.8, 4) is 0 Å². The van der Waals surface area contributed by atoms with Crippen molar-refractivity contribution in [3.63, 3.8) is 0 Å². The molecule has 0 atom stereocenters. The second-order valence-electron chi connectivity index (χ2n) is 7.78. The van der Waals surface area contributed by atoms with Crippen LogP contribution >= 0.6 is 0 Å². The summed E-state index contributed by atoms with van der Waals surface area (Å²) < 4.78 is 13.3. The van der Waals surface area contributed by atoms with E-state index in [1.165, 1.54) is 12.1 Å². The minimum atomic E-state index is -0.398. The number of carbonyl (C=O) groups is 1. The number of anilines is 2. The highest BCUT2D eigenvalue weighted by atomic mass is 19.1. The zero-order chi connectivity index (χ0) is 23.2. The number of rotatable bonds is 3. The number of nitrogens with one attached hydrogen (secondary N) is 2. The van der Waals surface area contributed by atoms with E-state index in [2.05, 4.69) is 30.5 Å². The standard InChI is InChI=1S/C24H26FN7O/c1-17-16-18(2)27-22(26-17)29-23(30-24(33)28-20-6-4-3-5-7-20)32-14-12-31(13-15-32)21-10-8-19(25)9-11-21/h3-11,16H,12-15H2,1-2H3,(H2,26,27,28,29,30,33). The first kappa shape index (κ1) is 22.2. The van der Waals surface area contributed by atoms with Gasteiger partial charge in [-0.15, -0.1) is 0 Å². The van der Waals surface area contributed by atoms with Crippen molar-refractivity contribution < 1.29 is 9.18 Å². The maximum atomic E-state index is 13.3. The van der Waals surface area contributed by atoms with Crippen molar-refractivity contribution in [1.29, 1.82) is 0 Å². The van der Waals surface area contributed by atoms with Gasteiger partial charge in [0.05, 0.1) is 0 Å². The molecule has 1 saturated heterocycles. The predicted octanol–water partition coefficient (Wildman–Crippen LogP) is 3.86. The third kappa shape index (κ3) is 6.03.